The van der Waals surface area contributed by atoms with E-state index in [1.165, 1.54) is 12.8 Å². The second-order valence-electron chi connectivity index (χ2n) is 9.84. The molecule has 7 heteroatoms. The number of rotatable bonds is 5. The Hall–Kier alpha value is -3.53. The minimum atomic E-state index is -0.257. The molecular formula is C29H36N4O3. The highest BCUT2D eigenvalue weighted by Crippen LogP contribution is 2.26. The van der Waals surface area contributed by atoms with Crippen molar-refractivity contribution in [2.24, 2.45) is 5.92 Å². The summed E-state index contributed by atoms with van der Waals surface area (Å²) in [6.45, 7) is 6.72. The van der Waals surface area contributed by atoms with Gasteiger partial charge in [-0.1, -0.05) is 12.8 Å². The van der Waals surface area contributed by atoms with Crippen LogP contribution in [-0.2, 0) is 9.59 Å². The molecule has 2 fully saturated rings. The molecule has 0 aliphatic carbocycles. The summed E-state index contributed by atoms with van der Waals surface area (Å²) in [5, 5.41) is 9.82. The van der Waals surface area contributed by atoms with Gasteiger partial charge in [-0.15, -0.1) is 0 Å². The predicted octanol–water partition coefficient (Wildman–Crippen LogP) is 4.65. The molecule has 2 aliphatic heterocycles. The number of benzene rings is 1. The summed E-state index contributed by atoms with van der Waals surface area (Å²) in [5.41, 5.74) is 3.94. The Labute approximate surface area is 213 Å². The van der Waals surface area contributed by atoms with Gasteiger partial charge in [0.15, 0.2) is 0 Å². The monoisotopic (exact) mass is 488 g/mol. The Morgan fingerprint density at radius 3 is 2.19 bits per heavy atom. The lowest BCUT2D eigenvalue weighted by Gasteiger charge is -2.34. The zero-order chi connectivity index (χ0) is 25.7. The van der Waals surface area contributed by atoms with E-state index in [9.17, 15) is 14.9 Å². The summed E-state index contributed by atoms with van der Waals surface area (Å²) >= 11 is 0. The van der Waals surface area contributed by atoms with Crippen LogP contribution in [0.5, 0.6) is 5.75 Å². The van der Waals surface area contributed by atoms with E-state index in [1.54, 1.807) is 18.1 Å². The summed E-state index contributed by atoms with van der Waals surface area (Å²) < 4.78 is 7.36. The van der Waals surface area contributed by atoms with Gasteiger partial charge in [0.1, 0.15) is 17.4 Å². The van der Waals surface area contributed by atoms with Crippen LogP contribution in [0.3, 0.4) is 0 Å². The fourth-order valence-electron chi connectivity index (χ4n) is 5.41. The van der Waals surface area contributed by atoms with Gasteiger partial charge in [-0.2, -0.15) is 5.26 Å². The fourth-order valence-corrected chi connectivity index (χ4v) is 5.41. The first kappa shape index (κ1) is 25.6. The molecule has 0 bridgehead atoms. The van der Waals surface area contributed by atoms with Crippen molar-refractivity contribution in [2.45, 2.75) is 52.4 Å². The number of hydrogen-bond acceptors (Lipinski definition) is 4. The average molecular weight is 489 g/mol. The van der Waals surface area contributed by atoms with Gasteiger partial charge in [-0.05, 0) is 81.5 Å². The van der Waals surface area contributed by atoms with Crippen LogP contribution in [0.2, 0.25) is 0 Å². The summed E-state index contributed by atoms with van der Waals surface area (Å²) in [6.07, 6.45) is 7.57. The molecule has 0 atom stereocenters. The Morgan fingerprint density at radius 2 is 1.61 bits per heavy atom. The molecule has 7 nitrogen and oxygen atoms in total. The number of nitriles is 1. The first-order chi connectivity index (χ1) is 17.4. The van der Waals surface area contributed by atoms with E-state index >= 15 is 0 Å². The summed E-state index contributed by atoms with van der Waals surface area (Å²) in [6, 6.07) is 11.9. The Balaban J connectivity index is 1.44. The van der Waals surface area contributed by atoms with Gasteiger partial charge in [0.25, 0.3) is 5.91 Å². The van der Waals surface area contributed by atoms with Crippen LogP contribution in [0.1, 0.15) is 55.5 Å². The number of likely N-dealkylation sites (tertiary alicyclic amines) is 2. The van der Waals surface area contributed by atoms with E-state index in [1.807, 2.05) is 49.1 Å². The maximum absolute atomic E-state index is 13.2. The lowest BCUT2D eigenvalue weighted by atomic mass is 9.94. The predicted molar refractivity (Wildman–Crippen MR) is 140 cm³/mol. The number of aromatic nitrogens is 1. The van der Waals surface area contributed by atoms with Crippen molar-refractivity contribution in [3.63, 3.8) is 0 Å². The number of amides is 2. The third-order valence-electron chi connectivity index (χ3n) is 7.50. The summed E-state index contributed by atoms with van der Waals surface area (Å²) in [5.74, 6) is 0.749. The number of piperidine rings is 1. The largest absolute Gasteiger partial charge is 0.497 e. The van der Waals surface area contributed by atoms with Crippen LogP contribution in [-0.4, -0.2) is 59.5 Å². The van der Waals surface area contributed by atoms with Gasteiger partial charge >= 0.3 is 0 Å². The number of hydrogen-bond donors (Lipinski definition) is 0. The molecule has 0 saturated carbocycles. The van der Waals surface area contributed by atoms with Gasteiger partial charge < -0.3 is 19.1 Å². The molecule has 2 aliphatic rings. The smallest absolute Gasteiger partial charge is 0.264 e. The molecule has 190 valence electrons. The van der Waals surface area contributed by atoms with Crippen LogP contribution in [0.4, 0.5) is 0 Å². The zero-order valence-electron chi connectivity index (χ0n) is 21.6. The van der Waals surface area contributed by atoms with Crippen LogP contribution in [0, 0.1) is 31.1 Å². The Kier molecular flexibility index (Phi) is 8.14. The molecule has 2 saturated heterocycles. The Bertz CT molecular complexity index is 1160. The molecule has 1 aromatic heterocycles. The zero-order valence-corrected chi connectivity index (χ0v) is 21.6. The molecule has 3 heterocycles. The molecule has 4 rings (SSSR count). The molecule has 2 aromatic rings. The Morgan fingerprint density at radius 1 is 0.972 bits per heavy atom. The van der Waals surface area contributed by atoms with Crippen molar-refractivity contribution in [1.29, 1.82) is 5.26 Å². The minimum Gasteiger partial charge on any atom is -0.497 e. The van der Waals surface area contributed by atoms with E-state index < -0.39 is 0 Å². The minimum absolute atomic E-state index is 0.0231. The lowest BCUT2D eigenvalue weighted by Crippen LogP contribution is -2.45. The number of carbonyl (C=O) groups is 2. The number of ether oxygens (including phenoxy) is 1. The van der Waals surface area contributed by atoms with E-state index in [0.29, 0.717) is 25.9 Å². The highest BCUT2D eigenvalue weighted by Gasteiger charge is 2.31. The van der Waals surface area contributed by atoms with Crippen LogP contribution in [0.25, 0.3) is 11.8 Å². The molecule has 1 aromatic carbocycles. The van der Waals surface area contributed by atoms with Crippen molar-refractivity contribution >= 4 is 17.9 Å². The number of carbonyl (C=O) groups excluding carboxylic acids is 2. The van der Waals surface area contributed by atoms with Crippen LogP contribution in [0.15, 0.2) is 35.9 Å². The summed E-state index contributed by atoms with van der Waals surface area (Å²) in [4.78, 5) is 30.0. The van der Waals surface area contributed by atoms with Gasteiger partial charge in [-0.25, -0.2) is 0 Å². The first-order valence-corrected chi connectivity index (χ1v) is 13.0. The van der Waals surface area contributed by atoms with Gasteiger partial charge in [-0.3, -0.25) is 9.59 Å². The van der Waals surface area contributed by atoms with Gasteiger partial charge in [0.2, 0.25) is 5.91 Å². The lowest BCUT2D eigenvalue weighted by molar-refractivity contribution is -0.139. The second kappa shape index (κ2) is 11.5. The summed E-state index contributed by atoms with van der Waals surface area (Å²) in [7, 11) is 1.64. The normalized spacial score (nSPS) is 17.4. The maximum atomic E-state index is 13.2. The van der Waals surface area contributed by atoms with Gasteiger partial charge in [0, 0.05) is 49.2 Å². The first-order valence-electron chi connectivity index (χ1n) is 13.0. The molecule has 0 N–H and O–H groups in total. The third-order valence-corrected chi connectivity index (χ3v) is 7.50. The molecule has 0 spiro atoms. The van der Waals surface area contributed by atoms with E-state index in [-0.39, 0.29) is 23.3 Å². The van der Waals surface area contributed by atoms with Gasteiger partial charge in [0.05, 0.1) is 7.11 Å². The second-order valence-corrected chi connectivity index (χ2v) is 9.84. The number of aryl methyl sites for hydroxylation is 1. The standard InChI is InChI=1S/C29H36N4O3/c1-21-18-24(22(2)33(21)26-8-10-27(36-3)11-9-26)19-25(20-30)29(35)32-16-12-23(13-17-32)28(34)31-14-6-4-5-7-15-31/h8-11,18-19,23H,4-7,12-17H2,1-3H3/b25-19+. The average Bonchev–Trinajstić information content (AvgIpc) is 3.07. The van der Waals surface area contributed by atoms with E-state index in [4.69, 9.17) is 4.74 Å². The highest BCUT2D eigenvalue weighted by molar-refractivity contribution is 6.02. The molecule has 0 radical (unpaired) electrons. The number of methoxy groups -OCH3 is 1. The van der Waals surface area contributed by atoms with E-state index in [0.717, 1.165) is 54.3 Å². The maximum Gasteiger partial charge on any atom is 0.264 e. The third kappa shape index (κ3) is 5.48. The molecular weight excluding hydrogens is 452 g/mol. The van der Waals surface area contributed by atoms with Crippen molar-refractivity contribution < 1.29 is 14.3 Å². The van der Waals surface area contributed by atoms with E-state index in [2.05, 4.69) is 10.6 Å². The molecule has 0 unspecified atom stereocenters. The molecule has 2 amide bonds. The van der Waals surface area contributed by atoms with Crippen molar-refractivity contribution in [1.82, 2.24) is 14.4 Å². The van der Waals surface area contributed by atoms with Crippen molar-refractivity contribution in [3.8, 4) is 17.5 Å². The number of nitrogens with zero attached hydrogens (tertiary/aromatic N) is 4. The van der Waals surface area contributed by atoms with Crippen LogP contribution >= 0.6 is 0 Å². The highest BCUT2D eigenvalue weighted by atomic mass is 16.5. The van der Waals surface area contributed by atoms with Crippen LogP contribution < -0.4 is 4.74 Å². The fraction of sp³-hybridized carbons (Fsp3) is 0.483. The topological polar surface area (TPSA) is 78.6 Å². The molecule has 36 heavy (non-hydrogen) atoms. The van der Waals surface area contributed by atoms with Crippen molar-refractivity contribution in [2.75, 3.05) is 33.3 Å². The van der Waals surface area contributed by atoms with Crippen molar-refractivity contribution in [3.05, 3.63) is 52.9 Å². The quantitative estimate of drug-likeness (QED) is 0.453. The SMILES string of the molecule is COc1ccc(-n2c(C)cc(/C=C(\C#N)C(=O)N3CCC(C(=O)N4CCCCCC4)CC3)c2C)cc1.